The molecule has 0 aromatic heterocycles. The molecule has 0 heterocycles. The third kappa shape index (κ3) is 3.83. The van der Waals surface area contributed by atoms with Crippen molar-refractivity contribution < 1.29 is 13.2 Å². The van der Waals surface area contributed by atoms with Crippen molar-refractivity contribution in [2.75, 3.05) is 5.32 Å². The van der Waals surface area contributed by atoms with Crippen LogP contribution in [0.2, 0.25) is 0 Å². The molecule has 0 saturated heterocycles. The van der Waals surface area contributed by atoms with Gasteiger partial charge in [0.2, 0.25) is 15.9 Å². The summed E-state index contributed by atoms with van der Waals surface area (Å²) < 4.78 is 22.8. The Morgan fingerprint density at radius 1 is 1.14 bits per heavy atom. The summed E-state index contributed by atoms with van der Waals surface area (Å²) in [6, 6.07) is 3.00. The van der Waals surface area contributed by atoms with Crippen LogP contribution in [0.5, 0.6) is 0 Å². The molecule has 1 fully saturated rings. The number of carbonyl (C=O) groups is 1. The predicted molar refractivity (Wildman–Crippen MR) is 82.5 cm³/mol. The van der Waals surface area contributed by atoms with Gasteiger partial charge in [-0.1, -0.05) is 19.3 Å². The van der Waals surface area contributed by atoms with Crippen LogP contribution in [0.3, 0.4) is 0 Å². The van der Waals surface area contributed by atoms with Crippen LogP contribution in [-0.4, -0.2) is 14.3 Å². The Bertz CT molecular complexity index is 624. The SMILES string of the molecule is Cc1cc(S(N)(=O)=O)cc(C)c1NC(=O)C1CCCCC1. The molecule has 0 atom stereocenters. The zero-order chi connectivity index (χ0) is 15.6. The normalized spacial score (nSPS) is 16.7. The zero-order valence-electron chi connectivity index (χ0n) is 12.5. The fraction of sp³-hybridized carbons (Fsp3) is 0.533. The molecule has 0 spiro atoms. The molecule has 2 rings (SSSR count). The number of carbonyl (C=O) groups excluding carboxylic acids is 1. The number of aryl methyl sites for hydroxylation is 2. The molecule has 1 amide bonds. The van der Waals surface area contributed by atoms with Crippen LogP contribution in [0.4, 0.5) is 5.69 Å². The molecule has 1 saturated carbocycles. The summed E-state index contributed by atoms with van der Waals surface area (Å²) in [7, 11) is -3.73. The maximum atomic E-state index is 12.3. The lowest BCUT2D eigenvalue weighted by molar-refractivity contribution is -0.120. The van der Waals surface area contributed by atoms with Gasteiger partial charge in [-0.05, 0) is 49.9 Å². The molecule has 0 bridgehead atoms. The standard InChI is InChI=1S/C15H22N2O3S/c1-10-8-13(21(16,19)20)9-11(2)14(10)17-15(18)12-6-4-3-5-7-12/h8-9,12H,3-7H2,1-2H3,(H,17,18)(H2,16,19,20). The van der Waals surface area contributed by atoms with Gasteiger partial charge in [0.1, 0.15) is 0 Å². The first-order chi connectivity index (χ1) is 9.79. The van der Waals surface area contributed by atoms with Crippen molar-refractivity contribution in [1.29, 1.82) is 0 Å². The van der Waals surface area contributed by atoms with Crippen LogP contribution >= 0.6 is 0 Å². The van der Waals surface area contributed by atoms with E-state index in [-0.39, 0.29) is 16.7 Å². The quantitative estimate of drug-likeness (QED) is 0.898. The van der Waals surface area contributed by atoms with Crippen LogP contribution < -0.4 is 10.5 Å². The first kappa shape index (κ1) is 16.0. The molecule has 1 aliphatic rings. The Kier molecular flexibility index (Phi) is 4.68. The topological polar surface area (TPSA) is 89.3 Å². The maximum Gasteiger partial charge on any atom is 0.238 e. The first-order valence-corrected chi connectivity index (χ1v) is 8.78. The van der Waals surface area contributed by atoms with Gasteiger partial charge in [-0.15, -0.1) is 0 Å². The minimum Gasteiger partial charge on any atom is -0.325 e. The lowest BCUT2D eigenvalue weighted by Gasteiger charge is -2.22. The molecule has 5 nitrogen and oxygen atoms in total. The number of rotatable bonds is 3. The monoisotopic (exact) mass is 310 g/mol. The van der Waals surface area contributed by atoms with Gasteiger partial charge < -0.3 is 5.32 Å². The Hall–Kier alpha value is -1.40. The molecule has 1 aromatic carbocycles. The van der Waals surface area contributed by atoms with Gasteiger partial charge in [-0.2, -0.15) is 0 Å². The van der Waals surface area contributed by atoms with Crippen molar-refractivity contribution in [3.05, 3.63) is 23.3 Å². The van der Waals surface area contributed by atoms with E-state index in [2.05, 4.69) is 5.32 Å². The van der Waals surface area contributed by atoms with E-state index in [0.29, 0.717) is 16.8 Å². The van der Waals surface area contributed by atoms with Gasteiger partial charge in [0, 0.05) is 11.6 Å². The summed E-state index contributed by atoms with van der Waals surface area (Å²) >= 11 is 0. The van der Waals surface area contributed by atoms with Crippen molar-refractivity contribution >= 4 is 21.6 Å². The molecular formula is C15H22N2O3S. The Morgan fingerprint density at radius 3 is 2.14 bits per heavy atom. The maximum absolute atomic E-state index is 12.3. The fourth-order valence-corrected chi connectivity index (χ4v) is 3.56. The molecule has 116 valence electrons. The lowest BCUT2D eigenvalue weighted by atomic mass is 9.88. The zero-order valence-corrected chi connectivity index (χ0v) is 13.3. The fourth-order valence-electron chi connectivity index (χ4n) is 2.88. The smallest absolute Gasteiger partial charge is 0.238 e. The van der Waals surface area contributed by atoms with E-state index in [1.165, 1.54) is 18.6 Å². The minimum absolute atomic E-state index is 0.0317. The van der Waals surface area contributed by atoms with Gasteiger partial charge in [-0.3, -0.25) is 4.79 Å². The molecular weight excluding hydrogens is 288 g/mol. The summed E-state index contributed by atoms with van der Waals surface area (Å²) in [5.74, 6) is 0.0970. The van der Waals surface area contributed by atoms with E-state index in [4.69, 9.17) is 5.14 Å². The van der Waals surface area contributed by atoms with E-state index in [1.807, 2.05) is 0 Å². The molecule has 1 aliphatic carbocycles. The van der Waals surface area contributed by atoms with Gasteiger partial charge in [0.25, 0.3) is 0 Å². The van der Waals surface area contributed by atoms with Crippen LogP contribution in [0.15, 0.2) is 17.0 Å². The van der Waals surface area contributed by atoms with Crippen LogP contribution in [0.1, 0.15) is 43.2 Å². The number of benzene rings is 1. The summed E-state index contributed by atoms with van der Waals surface area (Å²) in [4.78, 5) is 12.4. The number of hydrogen-bond donors (Lipinski definition) is 2. The molecule has 0 unspecified atom stereocenters. The number of primary sulfonamides is 1. The molecule has 0 aliphatic heterocycles. The van der Waals surface area contributed by atoms with Crippen LogP contribution in [0, 0.1) is 19.8 Å². The van der Waals surface area contributed by atoms with E-state index >= 15 is 0 Å². The molecule has 1 aromatic rings. The van der Waals surface area contributed by atoms with Crippen molar-refractivity contribution in [2.45, 2.75) is 50.8 Å². The van der Waals surface area contributed by atoms with Gasteiger partial charge in [-0.25, -0.2) is 13.6 Å². The molecule has 0 radical (unpaired) electrons. The largest absolute Gasteiger partial charge is 0.325 e. The summed E-state index contributed by atoms with van der Waals surface area (Å²) in [6.07, 6.45) is 5.25. The van der Waals surface area contributed by atoms with E-state index in [0.717, 1.165) is 25.7 Å². The highest BCUT2D eigenvalue weighted by Crippen LogP contribution is 2.28. The number of nitrogens with two attached hydrogens (primary N) is 1. The second kappa shape index (κ2) is 6.15. The van der Waals surface area contributed by atoms with E-state index < -0.39 is 10.0 Å². The minimum atomic E-state index is -3.73. The van der Waals surface area contributed by atoms with Crippen molar-refractivity contribution in [2.24, 2.45) is 11.1 Å². The second-order valence-electron chi connectivity index (χ2n) is 5.80. The first-order valence-electron chi connectivity index (χ1n) is 7.24. The number of amides is 1. The Labute approximate surface area is 126 Å². The summed E-state index contributed by atoms with van der Waals surface area (Å²) in [5, 5.41) is 8.10. The Balaban J connectivity index is 2.22. The third-order valence-electron chi connectivity index (χ3n) is 4.06. The summed E-state index contributed by atoms with van der Waals surface area (Å²) in [6.45, 7) is 3.55. The van der Waals surface area contributed by atoms with Gasteiger partial charge in [0.15, 0.2) is 0 Å². The predicted octanol–water partition coefficient (Wildman–Crippen LogP) is 2.47. The van der Waals surface area contributed by atoms with E-state index in [9.17, 15) is 13.2 Å². The van der Waals surface area contributed by atoms with E-state index in [1.54, 1.807) is 13.8 Å². The van der Waals surface area contributed by atoms with Crippen molar-refractivity contribution in [1.82, 2.24) is 0 Å². The molecule has 6 heteroatoms. The highest BCUT2D eigenvalue weighted by molar-refractivity contribution is 7.89. The van der Waals surface area contributed by atoms with Crippen molar-refractivity contribution in [3.63, 3.8) is 0 Å². The van der Waals surface area contributed by atoms with Crippen molar-refractivity contribution in [3.8, 4) is 0 Å². The van der Waals surface area contributed by atoms with Gasteiger partial charge >= 0.3 is 0 Å². The highest BCUT2D eigenvalue weighted by atomic mass is 32.2. The number of anilines is 1. The molecule has 21 heavy (non-hydrogen) atoms. The number of sulfonamides is 1. The van der Waals surface area contributed by atoms with Crippen LogP contribution in [-0.2, 0) is 14.8 Å². The average molecular weight is 310 g/mol. The number of nitrogens with one attached hydrogen (secondary N) is 1. The number of hydrogen-bond acceptors (Lipinski definition) is 3. The lowest BCUT2D eigenvalue weighted by Crippen LogP contribution is -2.25. The average Bonchev–Trinajstić information content (AvgIpc) is 2.42. The molecule has 3 N–H and O–H groups in total. The van der Waals surface area contributed by atoms with Crippen LogP contribution in [0.25, 0.3) is 0 Å². The summed E-state index contributed by atoms with van der Waals surface area (Å²) in [5.41, 5.74) is 2.12. The van der Waals surface area contributed by atoms with Gasteiger partial charge in [0.05, 0.1) is 4.90 Å². The second-order valence-corrected chi connectivity index (χ2v) is 7.36. The highest BCUT2D eigenvalue weighted by Gasteiger charge is 2.22. The Morgan fingerprint density at radius 2 is 1.67 bits per heavy atom. The third-order valence-corrected chi connectivity index (χ3v) is 4.95.